The Labute approximate surface area is 182 Å². The molecule has 0 aromatic heterocycles. The highest BCUT2D eigenvalue weighted by Crippen LogP contribution is 2.32. The van der Waals surface area contributed by atoms with E-state index in [0.29, 0.717) is 31.4 Å². The SMILES string of the molecule is COc1ccc(CNC(=O)C[NH+]2CC[NH+](Cc3ccc4c(c3)OCO4)CC2)cc1OC. The topological polar surface area (TPSA) is 74.9 Å². The van der Waals surface area contributed by atoms with Gasteiger partial charge >= 0.3 is 0 Å². The number of carbonyl (C=O) groups is 1. The van der Waals surface area contributed by atoms with Gasteiger partial charge in [0.15, 0.2) is 29.5 Å². The van der Waals surface area contributed by atoms with Crippen LogP contribution in [-0.4, -0.2) is 59.6 Å². The standard InChI is InChI=1S/C23H29N3O5/c1-28-19-5-3-17(11-21(19)29-2)13-24-23(27)15-26-9-7-25(8-10-26)14-18-4-6-20-22(12-18)31-16-30-20/h3-6,11-12H,7-10,13-16H2,1-2H3,(H,24,27)/p+2. The zero-order valence-corrected chi connectivity index (χ0v) is 18.2. The van der Waals surface area contributed by atoms with E-state index in [1.165, 1.54) is 15.4 Å². The molecule has 0 aliphatic carbocycles. The molecule has 4 rings (SSSR count). The lowest BCUT2D eigenvalue weighted by molar-refractivity contribution is -1.02. The van der Waals surface area contributed by atoms with Gasteiger partial charge in [-0.2, -0.15) is 0 Å². The van der Waals surface area contributed by atoms with Gasteiger partial charge in [0.1, 0.15) is 32.7 Å². The van der Waals surface area contributed by atoms with Gasteiger partial charge < -0.3 is 34.1 Å². The molecule has 0 bridgehead atoms. The molecule has 0 unspecified atom stereocenters. The molecule has 2 heterocycles. The lowest BCUT2D eigenvalue weighted by atomic mass is 10.1. The number of hydrogen-bond acceptors (Lipinski definition) is 5. The van der Waals surface area contributed by atoms with E-state index >= 15 is 0 Å². The maximum atomic E-state index is 12.4. The lowest BCUT2D eigenvalue weighted by Gasteiger charge is -2.29. The first-order valence-electron chi connectivity index (χ1n) is 10.7. The lowest BCUT2D eigenvalue weighted by Crippen LogP contribution is -3.28. The minimum absolute atomic E-state index is 0.0732. The summed E-state index contributed by atoms with van der Waals surface area (Å²) in [5.41, 5.74) is 2.24. The summed E-state index contributed by atoms with van der Waals surface area (Å²) in [7, 11) is 3.22. The molecular weight excluding hydrogens is 398 g/mol. The molecule has 0 radical (unpaired) electrons. The number of rotatable bonds is 8. The van der Waals surface area contributed by atoms with Crippen LogP contribution in [-0.2, 0) is 17.9 Å². The van der Waals surface area contributed by atoms with E-state index in [1.807, 2.05) is 24.3 Å². The molecule has 0 saturated carbocycles. The third-order valence-corrected chi connectivity index (χ3v) is 5.90. The monoisotopic (exact) mass is 429 g/mol. The van der Waals surface area contributed by atoms with Crippen LogP contribution in [0.3, 0.4) is 0 Å². The molecule has 166 valence electrons. The van der Waals surface area contributed by atoms with Gasteiger partial charge in [-0.1, -0.05) is 6.07 Å². The van der Waals surface area contributed by atoms with Gasteiger partial charge in [-0.05, 0) is 35.9 Å². The fraction of sp³-hybridized carbons (Fsp3) is 0.435. The molecule has 8 heteroatoms. The maximum absolute atomic E-state index is 12.4. The smallest absolute Gasteiger partial charge is 0.275 e. The van der Waals surface area contributed by atoms with Crippen molar-refractivity contribution in [1.29, 1.82) is 0 Å². The number of benzene rings is 2. The van der Waals surface area contributed by atoms with Crippen LogP contribution in [0.1, 0.15) is 11.1 Å². The summed E-state index contributed by atoms with van der Waals surface area (Å²) in [4.78, 5) is 15.3. The van der Waals surface area contributed by atoms with Crippen LogP contribution < -0.4 is 34.1 Å². The highest BCUT2D eigenvalue weighted by molar-refractivity contribution is 5.76. The van der Waals surface area contributed by atoms with E-state index in [2.05, 4.69) is 17.4 Å². The zero-order chi connectivity index (χ0) is 21.6. The number of ether oxygens (including phenoxy) is 4. The van der Waals surface area contributed by atoms with Crippen molar-refractivity contribution in [1.82, 2.24) is 5.32 Å². The maximum Gasteiger partial charge on any atom is 0.275 e. The highest BCUT2D eigenvalue weighted by atomic mass is 16.7. The van der Waals surface area contributed by atoms with Gasteiger partial charge in [-0.3, -0.25) is 4.79 Å². The van der Waals surface area contributed by atoms with E-state index in [0.717, 1.165) is 49.8 Å². The van der Waals surface area contributed by atoms with E-state index < -0.39 is 0 Å². The van der Waals surface area contributed by atoms with E-state index in [-0.39, 0.29) is 5.91 Å². The summed E-state index contributed by atoms with van der Waals surface area (Å²) in [6.45, 7) is 6.34. The Morgan fingerprint density at radius 1 is 0.903 bits per heavy atom. The second kappa shape index (κ2) is 9.89. The highest BCUT2D eigenvalue weighted by Gasteiger charge is 2.25. The van der Waals surface area contributed by atoms with Crippen LogP contribution in [0, 0.1) is 0 Å². The summed E-state index contributed by atoms with van der Waals surface area (Å²) in [5.74, 6) is 3.09. The number of fused-ring (bicyclic) bond motifs is 1. The van der Waals surface area contributed by atoms with Crippen LogP contribution in [0.15, 0.2) is 36.4 Å². The van der Waals surface area contributed by atoms with Crippen molar-refractivity contribution in [2.75, 3.05) is 53.7 Å². The first kappa shape index (κ1) is 21.3. The van der Waals surface area contributed by atoms with Crippen molar-refractivity contribution < 1.29 is 33.5 Å². The normalized spacial score (nSPS) is 19.7. The largest absolute Gasteiger partial charge is 0.493 e. The molecule has 2 aromatic rings. The summed E-state index contributed by atoms with van der Waals surface area (Å²) >= 11 is 0. The first-order valence-corrected chi connectivity index (χ1v) is 10.7. The fourth-order valence-corrected chi connectivity index (χ4v) is 4.13. The molecular formula is C23H31N3O5+2. The van der Waals surface area contributed by atoms with E-state index in [1.54, 1.807) is 14.2 Å². The first-order chi connectivity index (χ1) is 15.1. The van der Waals surface area contributed by atoms with Crippen molar-refractivity contribution >= 4 is 5.91 Å². The molecule has 31 heavy (non-hydrogen) atoms. The number of hydrogen-bond donors (Lipinski definition) is 3. The Hall–Kier alpha value is -2.97. The van der Waals surface area contributed by atoms with Crippen molar-refractivity contribution in [3.63, 3.8) is 0 Å². The second-order valence-electron chi connectivity index (χ2n) is 8.01. The van der Waals surface area contributed by atoms with Gasteiger partial charge in [-0.25, -0.2) is 0 Å². The Morgan fingerprint density at radius 2 is 1.61 bits per heavy atom. The van der Waals surface area contributed by atoms with E-state index in [9.17, 15) is 4.79 Å². The molecule has 1 amide bonds. The van der Waals surface area contributed by atoms with Gasteiger partial charge in [0.25, 0.3) is 5.91 Å². The summed E-state index contributed by atoms with van der Waals surface area (Å²) in [6.07, 6.45) is 0. The predicted octanol–water partition coefficient (Wildman–Crippen LogP) is -0.968. The van der Waals surface area contributed by atoms with Crippen LogP contribution in [0.2, 0.25) is 0 Å². The molecule has 0 spiro atoms. The summed E-state index contributed by atoms with van der Waals surface area (Å²) in [5, 5.41) is 3.02. The summed E-state index contributed by atoms with van der Waals surface area (Å²) < 4.78 is 21.4. The van der Waals surface area contributed by atoms with Crippen molar-refractivity contribution in [3.05, 3.63) is 47.5 Å². The Balaban J connectivity index is 1.19. The quantitative estimate of drug-likeness (QED) is 0.504. The van der Waals surface area contributed by atoms with Crippen molar-refractivity contribution in [3.8, 4) is 23.0 Å². The van der Waals surface area contributed by atoms with Gasteiger partial charge in [-0.15, -0.1) is 0 Å². The third kappa shape index (κ3) is 5.39. The predicted molar refractivity (Wildman–Crippen MR) is 114 cm³/mol. The van der Waals surface area contributed by atoms with Gasteiger partial charge in [0.05, 0.1) is 14.2 Å². The summed E-state index contributed by atoms with van der Waals surface area (Å²) in [6, 6.07) is 11.9. The molecule has 2 aliphatic rings. The fourth-order valence-electron chi connectivity index (χ4n) is 4.13. The molecule has 1 fully saturated rings. The van der Waals surface area contributed by atoms with Crippen LogP contribution in [0.4, 0.5) is 0 Å². The van der Waals surface area contributed by atoms with Crippen LogP contribution in [0.5, 0.6) is 23.0 Å². The van der Waals surface area contributed by atoms with E-state index in [4.69, 9.17) is 18.9 Å². The number of nitrogens with one attached hydrogen (secondary N) is 3. The van der Waals surface area contributed by atoms with Gasteiger partial charge in [0, 0.05) is 12.1 Å². The van der Waals surface area contributed by atoms with Gasteiger partial charge in [0.2, 0.25) is 6.79 Å². The number of methoxy groups -OCH3 is 2. The average molecular weight is 430 g/mol. The minimum atomic E-state index is 0.0732. The number of amides is 1. The number of quaternary nitrogens is 2. The zero-order valence-electron chi connectivity index (χ0n) is 18.2. The van der Waals surface area contributed by atoms with Crippen molar-refractivity contribution in [2.24, 2.45) is 0 Å². The molecule has 3 N–H and O–H groups in total. The molecule has 0 atom stereocenters. The second-order valence-corrected chi connectivity index (χ2v) is 8.01. The number of carbonyl (C=O) groups excluding carboxylic acids is 1. The Bertz CT molecular complexity index is 912. The number of piperazine rings is 1. The third-order valence-electron chi connectivity index (χ3n) is 5.90. The van der Waals surface area contributed by atoms with Crippen LogP contribution in [0.25, 0.3) is 0 Å². The molecule has 2 aromatic carbocycles. The molecule has 2 aliphatic heterocycles. The minimum Gasteiger partial charge on any atom is -0.493 e. The molecule has 1 saturated heterocycles. The molecule has 8 nitrogen and oxygen atoms in total. The van der Waals surface area contributed by atoms with Crippen molar-refractivity contribution in [2.45, 2.75) is 13.1 Å². The Kier molecular flexibility index (Phi) is 6.79. The van der Waals surface area contributed by atoms with Crippen LogP contribution >= 0.6 is 0 Å². The average Bonchev–Trinajstić information content (AvgIpc) is 3.26. The Morgan fingerprint density at radius 3 is 2.39 bits per heavy atom.